The van der Waals surface area contributed by atoms with Crippen LogP contribution in [0.1, 0.15) is 28.5 Å². The van der Waals surface area contributed by atoms with Crippen molar-refractivity contribution in [2.24, 2.45) is 0 Å². The molecule has 2 heterocycles. The Balaban J connectivity index is 1.34. The zero-order chi connectivity index (χ0) is 20.1. The van der Waals surface area contributed by atoms with Gasteiger partial charge >= 0.3 is 0 Å². The molecule has 0 aliphatic rings. The molecule has 4 aromatic rings. The minimum absolute atomic E-state index is 0.224. The lowest BCUT2D eigenvalue weighted by atomic mass is 10.1. The SMILES string of the molecule is CCc1ccccc1Nc1cnc(C(=O)NCCc2c[nH]c3ccccc23)cn1. The molecule has 2 aromatic carbocycles. The van der Waals surface area contributed by atoms with E-state index in [2.05, 4.69) is 44.6 Å². The molecule has 0 bridgehead atoms. The van der Waals surface area contributed by atoms with Crippen LogP contribution in [-0.2, 0) is 12.8 Å². The number of carbonyl (C=O) groups excluding carboxylic acids is 1. The minimum atomic E-state index is -0.224. The van der Waals surface area contributed by atoms with Gasteiger partial charge in [0.2, 0.25) is 0 Å². The molecule has 0 unspecified atom stereocenters. The maximum Gasteiger partial charge on any atom is 0.271 e. The number of fused-ring (bicyclic) bond motifs is 1. The molecule has 4 rings (SSSR count). The Morgan fingerprint density at radius 2 is 1.83 bits per heavy atom. The average molecular weight is 385 g/mol. The van der Waals surface area contributed by atoms with Gasteiger partial charge in [0, 0.05) is 29.3 Å². The monoisotopic (exact) mass is 385 g/mol. The lowest BCUT2D eigenvalue weighted by Gasteiger charge is -2.10. The average Bonchev–Trinajstić information content (AvgIpc) is 3.18. The number of aryl methyl sites for hydroxylation is 1. The number of nitrogens with zero attached hydrogens (tertiary/aromatic N) is 2. The van der Waals surface area contributed by atoms with Crippen LogP contribution in [0.15, 0.2) is 67.1 Å². The first kappa shape index (κ1) is 18.7. The number of amides is 1. The van der Waals surface area contributed by atoms with Crippen LogP contribution in [0.3, 0.4) is 0 Å². The summed E-state index contributed by atoms with van der Waals surface area (Å²) in [5, 5.41) is 7.36. The molecule has 2 aromatic heterocycles. The van der Waals surface area contributed by atoms with E-state index in [1.54, 1.807) is 6.20 Å². The molecular weight excluding hydrogens is 362 g/mol. The number of carbonyl (C=O) groups is 1. The van der Waals surface area contributed by atoms with Crippen LogP contribution in [-0.4, -0.2) is 27.4 Å². The van der Waals surface area contributed by atoms with Crippen LogP contribution in [0.2, 0.25) is 0 Å². The summed E-state index contributed by atoms with van der Waals surface area (Å²) in [6.45, 7) is 2.64. The summed E-state index contributed by atoms with van der Waals surface area (Å²) in [5.41, 5.74) is 4.79. The van der Waals surface area contributed by atoms with Crippen LogP contribution >= 0.6 is 0 Å². The number of aromatic amines is 1. The van der Waals surface area contributed by atoms with Crippen LogP contribution < -0.4 is 10.6 Å². The Bertz CT molecular complexity index is 1120. The summed E-state index contributed by atoms with van der Waals surface area (Å²) >= 11 is 0. The highest BCUT2D eigenvalue weighted by Gasteiger charge is 2.09. The van der Waals surface area contributed by atoms with Crippen molar-refractivity contribution in [3.8, 4) is 0 Å². The lowest BCUT2D eigenvalue weighted by molar-refractivity contribution is 0.0949. The molecule has 29 heavy (non-hydrogen) atoms. The van der Waals surface area contributed by atoms with Gasteiger partial charge in [-0.1, -0.05) is 43.3 Å². The quantitative estimate of drug-likeness (QED) is 0.444. The van der Waals surface area contributed by atoms with Crippen molar-refractivity contribution in [2.75, 3.05) is 11.9 Å². The molecule has 0 saturated carbocycles. The van der Waals surface area contributed by atoms with Crippen LogP contribution in [0.4, 0.5) is 11.5 Å². The third-order valence-corrected chi connectivity index (χ3v) is 4.90. The molecular formula is C23H23N5O. The summed E-state index contributed by atoms with van der Waals surface area (Å²) in [5.74, 6) is 0.388. The molecule has 0 fully saturated rings. The zero-order valence-electron chi connectivity index (χ0n) is 16.3. The predicted molar refractivity (Wildman–Crippen MR) is 115 cm³/mol. The van der Waals surface area contributed by atoms with Gasteiger partial charge in [0.25, 0.3) is 5.91 Å². The normalized spacial score (nSPS) is 10.8. The fourth-order valence-electron chi connectivity index (χ4n) is 3.34. The summed E-state index contributed by atoms with van der Waals surface area (Å²) in [7, 11) is 0. The number of hydrogen-bond acceptors (Lipinski definition) is 4. The molecule has 0 spiro atoms. The third kappa shape index (κ3) is 4.27. The second kappa shape index (κ2) is 8.56. The standard InChI is InChI=1S/C23H23N5O/c1-2-16-7-3-5-9-19(16)28-22-15-26-21(14-27-22)23(29)24-12-11-17-13-25-20-10-6-4-8-18(17)20/h3-10,13-15,25H,2,11-12H2,1H3,(H,24,29)(H,27,28). The fourth-order valence-corrected chi connectivity index (χ4v) is 3.34. The van der Waals surface area contributed by atoms with Crippen molar-refractivity contribution in [3.05, 3.63) is 83.9 Å². The smallest absolute Gasteiger partial charge is 0.271 e. The van der Waals surface area contributed by atoms with E-state index in [4.69, 9.17) is 0 Å². The molecule has 0 aliphatic carbocycles. The van der Waals surface area contributed by atoms with Gasteiger partial charge in [0.05, 0.1) is 12.4 Å². The lowest BCUT2D eigenvalue weighted by Crippen LogP contribution is -2.26. The summed E-state index contributed by atoms with van der Waals surface area (Å²) in [6.07, 6.45) is 6.74. The van der Waals surface area contributed by atoms with Gasteiger partial charge in [0.15, 0.2) is 0 Å². The van der Waals surface area contributed by atoms with E-state index < -0.39 is 0 Å². The van der Waals surface area contributed by atoms with E-state index in [0.717, 1.165) is 24.0 Å². The highest BCUT2D eigenvalue weighted by atomic mass is 16.1. The predicted octanol–water partition coefficient (Wildman–Crippen LogP) is 4.24. The van der Waals surface area contributed by atoms with Crippen molar-refractivity contribution in [2.45, 2.75) is 19.8 Å². The van der Waals surface area contributed by atoms with Gasteiger partial charge in [-0.05, 0) is 36.1 Å². The van der Waals surface area contributed by atoms with E-state index in [1.807, 2.05) is 42.6 Å². The summed E-state index contributed by atoms with van der Waals surface area (Å²) < 4.78 is 0. The zero-order valence-corrected chi connectivity index (χ0v) is 16.3. The Hall–Kier alpha value is -3.67. The van der Waals surface area contributed by atoms with Gasteiger partial charge in [0.1, 0.15) is 11.5 Å². The van der Waals surface area contributed by atoms with Gasteiger partial charge in [-0.25, -0.2) is 9.97 Å². The second-order valence-electron chi connectivity index (χ2n) is 6.79. The van der Waals surface area contributed by atoms with Gasteiger partial charge in [-0.15, -0.1) is 0 Å². The second-order valence-corrected chi connectivity index (χ2v) is 6.79. The molecule has 0 atom stereocenters. The number of H-pyrrole nitrogens is 1. The van der Waals surface area contributed by atoms with E-state index in [9.17, 15) is 4.79 Å². The van der Waals surface area contributed by atoms with Gasteiger partial charge < -0.3 is 15.6 Å². The Labute approximate surface area is 169 Å². The molecule has 0 saturated heterocycles. The van der Waals surface area contributed by atoms with Crippen molar-refractivity contribution < 1.29 is 4.79 Å². The number of para-hydroxylation sites is 2. The molecule has 6 nitrogen and oxygen atoms in total. The number of benzene rings is 2. The minimum Gasteiger partial charge on any atom is -0.361 e. The molecule has 0 radical (unpaired) electrons. The molecule has 146 valence electrons. The van der Waals surface area contributed by atoms with Gasteiger partial charge in [-0.2, -0.15) is 0 Å². The van der Waals surface area contributed by atoms with Crippen molar-refractivity contribution >= 4 is 28.3 Å². The number of anilines is 2. The summed E-state index contributed by atoms with van der Waals surface area (Å²) in [4.78, 5) is 24.2. The Morgan fingerprint density at radius 3 is 2.66 bits per heavy atom. The topological polar surface area (TPSA) is 82.7 Å². The van der Waals surface area contributed by atoms with Crippen molar-refractivity contribution in [1.29, 1.82) is 0 Å². The van der Waals surface area contributed by atoms with E-state index >= 15 is 0 Å². The van der Waals surface area contributed by atoms with E-state index in [0.29, 0.717) is 18.1 Å². The number of rotatable bonds is 7. The summed E-state index contributed by atoms with van der Waals surface area (Å²) in [6, 6.07) is 16.2. The third-order valence-electron chi connectivity index (χ3n) is 4.90. The molecule has 6 heteroatoms. The molecule has 0 aliphatic heterocycles. The first-order valence-corrected chi connectivity index (χ1v) is 9.74. The Kier molecular flexibility index (Phi) is 5.52. The van der Waals surface area contributed by atoms with Crippen LogP contribution in [0.25, 0.3) is 10.9 Å². The van der Waals surface area contributed by atoms with Crippen molar-refractivity contribution in [1.82, 2.24) is 20.3 Å². The van der Waals surface area contributed by atoms with E-state index in [1.165, 1.54) is 22.7 Å². The number of hydrogen-bond donors (Lipinski definition) is 3. The Morgan fingerprint density at radius 1 is 1.00 bits per heavy atom. The largest absolute Gasteiger partial charge is 0.361 e. The first-order valence-electron chi connectivity index (χ1n) is 9.74. The van der Waals surface area contributed by atoms with Crippen LogP contribution in [0.5, 0.6) is 0 Å². The highest BCUT2D eigenvalue weighted by molar-refractivity contribution is 5.92. The van der Waals surface area contributed by atoms with Crippen molar-refractivity contribution in [3.63, 3.8) is 0 Å². The molecule has 1 amide bonds. The van der Waals surface area contributed by atoms with Gasteiger partial charge in [-0.3, -0.25) is 4.79 Å². The fraction of sp³-hybridized carbons (Fsp3) is 0.174. The van der Waals surface area contributed by atoms with E-state index in [-0.39, 0.29) is 5.91 Å². The molecule has 3 N–H and O–H groups in total. The number of aromatic nitrogens is 3. The maximum atomic E-state index is 12.4. The first-order chi connectivity index (χ1) is 14.2. The number of nitrogens with one attached hydrogen (secondary N) is 3. The highest BCUT2D eigenvalue weighted by Crippen LogP contribution is 2.20. The maximum absolute atomic E-state index is 12.4. The van der Waals surface area contributed by atoms with Crippen LogP contribution in [0, 0.1) is 0 Å².